The first-order valence-corrected chi connectivity index (χ1v) is 5.38. The SMILES string of the molecule is CCCN1CCCC(C(C)[C]=O)C1. The molecule has 13 heavy (non-hydrogen) atoms. The summed E-state index contributed by atoms with van der Waals surface area (Å²) in [6.07, 6.45) is 5.79. The maximum absolute atomic E-state index is 10.5. The van der Waals surface area contributed by atoms with E-state index in [0.717, 1.165) is 6.54 Å². The highest BCUT2D eigenvalue weighted by molar-refractivity contribution is 5.54. The van der Waals surface area contributed by atoms with E-state index >= 15 is 0 Å². The van der Waals surface area contributed by atoms with Crippen LogP contribution in [0, 0.1) is 11.8 Å². The zero-order valence-electron chi connectivity index (χ0n) is 8.75. The molecule has 2 atom stereocenters. The number of hydrogen-bond acceptors (Lipinski definition) is 2. The van der Waals surface area contributed by atoms with Gasteiger partial charge in [-0.25, -0.2) is 0 Å². The Labute approximate surface area is 81.3 Å². The van der Waals surface area contributed by atoms with Crippen molar-refractivity contribution < 1.29 is 4.79 Å². The minimum atomic E-state index is 0.125. The van der Waals surface area contributed by atoms with Crippen LogP contribution in [0.1, 0.15) is 33.1 Å². The zero-order chi connectivity index (χ0) is 9.68. The van der Waals surface area contributed by atoms with Crippen LogP contribution in [-0.4, -0.2) is 30.8 Å². The van der Waals surface area contributed by atoms with Crippen molar-refractivity contribution >= 4 is 6.29 Å². The predicted octanol–water partition coefficient (Wildman–Crippen LogP) is 1.85. The van der Waals surface area contributed by atoms with E-state index in [-0.39, 0.29) is 5.92 Å². The minimum Gasteiger partial charge on any atom is -0.303 e. The molecule has 2 heteroatoms. The highest BCUT2D eigenvalue weighted by Crippen LogP contribution is 2.22. The summed E-state index contributed by atoms with van der Waals surface area (Å²) in [6.45, 7) is 7.70. The summed E-state index contributed by atoms with van der Waals surface area (Å²) in [5.74, 6) is 0.678. The fourth-order valence-electron chi connectivity index (χ4n) is 2.11. The molecule has 0 N–H and O–H groups in total. The van der Waals surface area contributed by atoms with E-state index in [1.165, 1.54) is 32.4 Å². The molecule has 1 rings (SSSR count). The first-order valence-electron chi connectivity index (χ1n) is 5.38. The fraction of sp³-hybridized carbons (Fsp3) is 0.909. The predicted molar refractivity (Wildman–Crippen MR) is 54.3 cm³/mol. The summed E-state index contributed by atoms with van der Waals surface area (Å²) in [5.41, 5.74) is 0. The Morgan fingerprint density at radius 1 is 1.62 bits per heavy atom. The van der Waals surface area contributed by atoms with Crippen molar-refractivity contribution in [2.24, 2.45) is 11.8 Å². The second kappa shape index (κ2) is 5.38. The maximum Gasteiger partial charge on any atom is 0.201 e. The molecule has 2 unspecified atom stereocenters. The van der Waals surface area contributed by atoms with Gasteiger partial charge in [0.05, 0.1) is 0 Å². The van der Waals surface area contributed by atoms with Crippen molar-refractivity contribution in [1.29, 1.82) is 0 Å². The van der Waals surface area contributed by atoms with Crippen LogP contribution < -0.4 is 0 Å². The third kappa shape index (κ3) is 3.11. The molecular weight excluding hydrogens is 162 g/mol. The highest BCUT2D eigenvalue weighted by atomic mass is 16.1. The summed E-state index contributed by atoms with van der Waals surface area (Å²) in [6, 6.07) is 0. The summed E-state index contributed by atoms with van der Waals surface area (Å²) in [5, 5.41) is 0. The molecular formula is C11H20NO. The van der Waals surface area contributed by atoms with E-state index in [1.807, 2.05) is 6.92 Å². The lowest BCUT2D eigenvalue weighted by Crippen LogP contribution is -2.38. The van der Waals surface area contributed by atoms with E-state index in [2.05, 4.69) is 18.1 Å². The summed E-state index contributed by atoms with van der Waals surface area (Å²) >= 11 is 0. The van der Waals surface area contributed by atoms with Crippen LogP contribution in [-0.2, 0) is 4.79 Å². The van der Waals surface area contributed by atoms with Crippen molar-refractivity contribution in [3.8, 4) is 0 Å². The molecule has 75 valence electrons. The molecule has 0 saturated carbocycles. The summed E-state index contributed by atoms with van der Waals surface area (Å²) in [7, 11) is 0. The molecule has 1 fully saturated rings. The number of carbonyl (C=O) groups excluding carboxylic acids is 1. The Bertz CT molecular complexity index is 156. The molecule has 1 radical (unpaired) electrons. The quantitative estimate of drug-likeness (QED) is 0.661. The van der Waals surface area contributed by atoms with Crippen LogP contribution in [0.25, 0.3) is 0 Å². The van der Waals surface area contributed by atoms with Crippen LogP contribution in [0.15, 0.2) is 0 Å². The Hall–Kier alpha value is -0.370. The summed E-state index contributed by atoms with van der Waals surface area (Å²) in [4.78, 5) is 13.0. The van der Waals surface area contributed by atoms with Crippen molar-refractivity contribution in [2.45, 2.75) is 33.1 Å². The molecule has 1 heterocycles. The second-order valence-corrected chi connectivity index (χ2v) is 4.11. The Balaban J connectivity index is 2.36. The second-order valence-electron chi connectivity index (χ2n) is 4.11. The maximum atomic E-state index is 10.5. The topological polar surface area (TPSA) is 20.3 Å². The van der Waals surface area contributed by atoms with Crippen LogP contribution in [0.3, 0.4) is 0 Å². The average molecular weight is 182 g/mol. The van der Waals surface area contributed by atoms with E-state index in [1.54, 1.807) is 0 Å². The van der Waals surface area contributed by atoms with Crippen LogP contribution in [0.5, 0.6) is 0 Å². The molecule has 1 aliphatic heterocycles. The largest absolute Gasteiger partial charge is 0.303 e. The van der Waals surface area contributed by atoms with Gasteiger partial charge >= 0.3 is 0 Å². The van der Waals surface area contributed by atoms with Crippen LogP contribution in [0.4, 0.5) is 0 Å². The van der Waals surface area contributed by atoms with Gasteiger partial charge in [-0.05, 0) is 38.3 Å². The molecule has 0 aliphatic carbocycles. The van der Waals surface area contributed by atoms with E-state index in [0.29, 0.717) is 5.92 Å². The van der Waals surface area contributed by atoms with Gasteiger partial charge in [0.15, 0.2) is 0 Å². The third-order valence-electron chi connectivity index (χ3n) is 2.97. The van der Waals surface area contributed by atoms with Crippen LogP contribution in [0.2, 0.25) is 0 Å². The van der Waals surface area contributed by atoms with E-state index < -0.39 is 0 Å². The molecule has 0 spiro atoms. The number of hydrogen-bond donors (Lipinski definition) is 0. The monoisotopic (exact) mass is 182 g/mol. The van der Waals surface area contributed by atoms with Gasteiger partial charge in [-0.2, -0.15) is 0 Å². The highest BCUT2D eigenvalue weighted by Gasteiger charge is 2.23. The van der Waals surface area contributed by atoms with Crippen molar-refractivity contribution in [1.82, 2.24) is 4.90 Å². The lowest BCUT2D eigenvalue weighted by molar-refractivity contribution is 0.157. The lowest BCUT2D eigenvalue weighted by Gasteiger charge is -2.33. The minimum absolute atomic E-state index is 0.125. The first-order chi connectivity index (χ1) is 6.27. The normalized spacial score (nSPS) is 27.1. The molecule has 0 aromatic carbocycles. The molecule has 2 nitrogen and oxygen atoms in total. The Morgan fingerprint density at radius 3 is 3.00 bits per heavy atom. The van der Waals surface area contributed by atoms with Gasteiger partial charge in [-0.1, -0.05) is 13.8 Å². The van der Waals surface area contributed by atoms with E-state index in [9.17, 15) is 4.79 Å². The van der Waals surface area contributed by atoms with Gasteiger partial charge in [-0.3, -0.25) is 4.79 Å². The summed E-state index contributed by atoms with van der Waals surface area (Å²) < 4.78 is 0. The zero-order valence-corrected chi connectivity index (χ0v) is 8.75. The van der Waals surface area contributed by atoms with Gasteiger partial charge in [0.25, 0.3) is 0 Å². The van der Waals surface area contributed by atoms with Gasteiger partial charge in [0.2, 0.25) is 6.29 Å². The molecule has 0 aromatic rings. The third-order valence-corrected chi connectivity index (χ3v) is 2.97. The average Bonchev–Trinajstić information content (AvgIpc) is 2.18. The van der Waals surface area contributed by atoms with Gasteiger partial charge in [0, 0.05) is 12.5 Å². The number of likely N-dealkylation sites (tertiary alicyclic amines) is 1. The molecule has 1 aliphatic rings. The Morgan fingerprint density at radius 2 is 2.38 bits per heavy atom. The van der Waals surface area contributed by atoms with E-state index in [4.69, 9.17) is 0 Å². The lowest BCUT2D eigenvalue weighted by atomic mass is 9.87. The van der Waals surface area contributed by atoms with Crippen LogP contribution >= 0.6 is 0 Å². The molecule has 0 bridgehead atoms. The molecule has 1 saturated heterocycles. The van der Waals surface area contributed by atoms with Crippen molar-refractivity contribution in [3.63, 3.8) is 0 Å². The van der Waals surface area contributed by atoms with Crippen molar-refractivity contribution in [2.75, 3.05) is 19.6 Å². The molecule has 0 aromatic heterocycles. The Kier molecular flexibility index (Phi) is 4.43. The van der Waals surface area contributed by atoms with Gasteiger partial charge < -0.3 is 4.90 Å². The first kappa shape index (κ1) is 10.7. The smallest absolute Gasteiger partial charge is 0.201 e. The number of nitrogens with zero attached hydrogens (tertiary/aromatic N) is 1. The van der Waals surface area contributed by atoms with Crippen molar-refractivity contribution in [3.05, 3.63) is 0 Å². The number of piperidine rings is 1. The van der Waals surface area contributed by atoms with Gasteiger partial charge in [-0.15, -0.1) is 0 Å². The number of rotatable bonds is 4. The fourth-order valence-corrected chi connectivity index (χ4v) is 2.11. The van der Waals surface area contributed by atoms with Gasteiger partial charge in [0.1, 0.15) is 0 Å². The molecule has 0 amide bonds. The standard InChI is InChI=1S/C11H20NO/c1-3-6-12-7-4-5-11(8-12)10(2)9-13/h10-11H,3-8H2,1-2H3.